The molecule has 3 rings (SSSR count). The zero-order chi connectivity index (χ0) is 19.4. The minimum absolute atomic E-state index is 0.0879. The van der Waals surface area contributed by atoms with Crippen molar-refractivity contribution in [2.24, 2.45) is 0 Å². The molecule has 0 unspecified atom stereocenters. The lowest BCUT2D eigenvalue weighted by Gasteiger charge is -2.12. The van der Waals surface area contributed by atoms with Gasteiger partial charge in [0.1, 0.15) is 11.9 Å². The first kappa shape index (κ1) is 18.5. The summed E-state index contributed by atoms with van der Waals surface area (Å²) in [5.74, 6) is 0.463. The Balaban J connectivity index is 1.84. The lowest BCUT2D eigenvalue weighted by atomic mass is 10.2. The van der Waals surface area contributed by atoms with Crippen molar-refractivity contribution in [3.05, 3.63) is 70.9 Å². The van der Waals surface area contributed by atoms with Crippen LogP contribution in [0, 0.1) is 11.3 Å². The van der Waals surface area contributed by atoms with E-state index in [1.807, 2.05) is 0 Å². The van der Waals surface area contributed by atoms with Crippen molar-refractivity contribution in [1.29, 1.82) is 5.26 Å². The highest BCUT2D eigenvalue weighted by Gasteiger charge is 2.33. The van der Waals surface area contributed by atoms with Crippen LogP contribution in [0.5, 0.6) is 0 Å². The van der Waals surface area contributed by atoms with Gasteiger partial charge in [-0.15, -0.1) is 0 Å². The van der Waals surface area contributed by atoms with E-state index >= 15 is 0 Å². The van der Waals surface area contributed by atoms with Gasteiger partial charge < -0.3 is 10.6 Å². The molecule has 0 aliphatic carbocycles. The van der Waals surface area contributed by atoms with E-state index in [1.165, 1.54) is 12.3 Å². The smallest absolute Gasteiger partial charge is 0.339 e. The van der Waals surface area contributed by atoms with E-state index in [0.717, 1.165) is 12.1 Å². The summed E-state index contributed by atoms with van der Waals surface area (Å²) in [5.41, 5.74) is 0.168. The summed E-state index contributed by atoms with van der Waals surface area (Å²) < 4.78 is 38.9. The number of aromatic nitrogens is 2. The molecule has 0 fully saturated rings. The van der Waals surface area contributed by atoms with Crippen molar-refractivity contribution >= 4 is 34.7 Å². The number of alkyl halides is 3. The second kappa shape index (κ2) is 7.51. The maximum atomic E-state index is 13.0. The van der Waals surface area contributed by atoms with Crippen molar-refractivity contribution in [1.82, 2.24) is 9.97 Å². The third-order valence-corrected chi connectivity index (χ3v) is 3.82. The van der Waals surface area contributed by atoms with Gasteiger partial charge in [-0.05, 0) is 36.4 Å². The zero-order valence-electron chi connectivity index (χ0n) is 13.5. The summed E-state index contributed by atoms with van der Waals surface area (Å²) in [6.45, 7) is 0. The SMILES string of the molecule is N#Cc1ccccc1Nc1ccnc(Nc2ccc(Cl)c(C(F)(F)F)c2)n1. The van der Waals surface area contributed by atoms with E-state index in [9.17, 15) is 13.2 Å². The van der Waals surface area contributed by atoms with Crippen LogP contribution in [0.3, 0.4) is 0 Å². The Morgan fingerprint density at radius 3 is 2.56 bits per heavy atom. The zero-order valence-corrected chi connectivity index (χ0v) is 14.3. The fourth-order valence-electron chi connectivity index (χ4n) is 2.27. The van der Waals surface area contributed by atoms with Crippen LogP contribution in [-0.4, -0.2) is 9.97 Å². The van der Waals surface area contributed by atoms with Gasteiger partial charge in [0.05, 0.1) is 21.8 Å². The molecule has 1 heterocycles. The minimum atomic E-state index is -4.57. The Bertz CT molecular complexity index is 1010. The molecule has 0 radical (unpaired) electrons. The maximum Gasteiger partial charge on any atom is 0.417 e. The number of nitrogens with zero attached hydrogens (tertiary/aromatic N) is 3. The molecule has 9 heteroatoms. The Morgan fingerprint density at radius 2 is 1.81 bits per heavy atom. The van der Waals surface area contributed by atoms with Crippen LogP contribution in [-0.2, 0) is 6.18 Å². The molecule has 1 aromatic heterocycles. The van der Waals surface area contributed by atoms with Crippen molar-refractivity contribution in [3.8, 4) is 6.07 Å². The quantitative estimate of drug-likeness (QED) is 0.615. The number of benzene rings is 2. The molecule has 0 aliphatic rings. The van der Waals surface area contributed by atoms with E-state index < -0.39 is 16.8 Å². The number of hydrogen-bond acceptors (Lipinski definition) is 5. The number of hydrogen-bond donors (Lipinski definition) is 2. The third kappa shape index (κ3) is 4.46. The van der Waals surface area contributed by atoms with Gasteiger partial charge in [0.15, 0.2) is 0 Å². The predicted octanol–water partition coefficient (Wildman–Crippen LogP) is 5.51. The average molecular weight is 390 g/mol. The first-order valence-electron chi connectivity index (χ1n) is 7.60. The second-order valence-electron chi connectivity index (χ2n) is 5.37. The van der Waals surface area contributed by atoms with E-state index in [0.29, 0.717) is 17.1 Å². The second-order valence-corrected chi connectivity index (χ2v) is 5.77. The van der Waals surface area contributed by atoms with Crippen LogP contribution < -0.4 is 10.6 Å². The van der Waals surface area contributed by atoms with Gasteiger partial charge >= 0.3 is 6.18 Å². The lowest BCUT2D eigenvalue weighted by molar-refractivity contribution is -0.137. The first-order chi connectivity index (χ1) is 12.9. The summed E-state index contributed by atoms with van der Waals surface area (Å²) in [7, 11) is 0. The molecule has 0 saturated carbocycles. The molecule has 2 aromatic carbocycles. The molecular weight excluding hydrogens is 379 g/mol. The summed E-state index contributed by atoms with van der Waals surface area (Å²) >= 11 is 5.61. The third-order valence-electron chi connectivity index (χ3n) is 3.49. The Hall–Kier alpha value is -3.31. The molecule has 0 aliphatic heterocycles. The summed E-state index contributed by atoms with van der Waals surface area (Å²) in [4.78, 5) is 8.19. The van der Waals surface area contributed by atoms with Crippen molar-refractivity contribution in [2.75, 3.05) is 10.6 Å². The highest BCUT2D eigenvalue weighted by molar-refractivity contribution is 6.31. The first-order valence-corrected chi connectivity index (χ1v) is 7.97. The predicted molar refractivity (Wildman–Crippen MR) is 96.2 cm³/mol. The highest BCUT2D eigenvalue weighted by Crippen LogP contribution is 2.36. The molecule has 0 bridgehead atoms. The van der Waals surface area contributed by atoms with Crippen LogP contribution in [0.1, 0.15) is 11.1 Å². The molecule has 0 spiro atoms. The number of para-hydroxylation sites is 1. The number of nitriles is 1. The molecule has 136 valence electrons. The van der Waals surface area contributed by atoms with Gasteiger partial charge in [-0.2, -0.15) is 23.4 Å². The Labute approximate surface area is 157 Å². The summed E-state index contributed by atoms with van der Waals surface area (Å²) in [6.07, 6.45) is -3.13. The molecule has 0 amide bonds. The lowest BCUT2D eigenvalue weighted by Crippen LogP contribution is -2.07. The number of halogens is 4. The largest absolute Gasteiger partial charge is 0.417 e. The van der Waals surface area contributed by atoms with E-state index in [4.69, 9.17) is 16.9 Å². The number of nitrogens with one attached hydrogen (secondary N) is 2. The van der Waals surface area contributed by atoms with Gasteiger partial charge in [0, 0.05) is 11.9 Å². The average Bonchev–Trinajstić information content (AvgIpc) is 2.63. The monoisotopic (exact) mass is 389 g/mol. The van der Waals surface area contributed by atoms with Crippen molar-refractivity contribution in [3.63, 3.8) is 0 Å². The Kier molecular flexibility index (Phi) is 5.14. The topological polar surface area (TPSA) is 73.6 Å². The molecule has 2 N–H and O–H groups in total. The van der Waals surface area contributed by atoms with E-state index in [-0.39, 0.29) is 11.6 Å². The van der Waals surface area contributed by atoms with Crippen LogP contribution in [0.25, 0.3) is 0 Å². The maximum absolute atomic E-state index is 13.0. The fourth-order valence-corrected chi connectivity index (χ4v) is 2.49. The van der Waals surface area contributed by atoms with E-state index in [1.54, 1.807) is 30.3 Å². The number of anilines is 4. The van der Waals surface area contributed by atoms with Crippen LogP contribution in [0.4, 0.5) is 36.3 Å². The van der Waals surface area contributed by atoms with Gasteiger partial charge in [0.2, 0.25) is 5.95 Å². The fraction of sp³-hybridized carbons (Fsp3) is 0.0556. The highest BCUT2D eigenvalue weighted by atomic mass is 35.5. The number of rotatable bonds is 4. The normalized spacial score (nSPS) is 10.9. The van der Waals surface area contributed by atoms with Gasteiger partial charge in [0.25, 0.3) is 0 Å². The molecular formula is C18H11ClF3N5. The standard InChI is InChI=1S/C18H11ClF3N5/c19-14-6-5-12(9-13(14)18(20,21)22)25-17-24-8-7-16(27-17)26-15-4-2-1-3-11(15)10-23/h1-9H,(H2,24,25,26,27). The summed E-state index contributed by atoms with van der Waals surface area (Å²) in [5, 5.41) is 14.4. The van der Waals surface area contributed by atoms with Crippen LogP contribution in [0.2, 0.25) is 5.02 Å². The van der Waals surface area contributed by atoms with Gasteiger partial charge in [-0.3, -0.25) is 0 Å². The Morgan fingerprint density at radius 1 is 1.04 bits per heavy atom. The minimum Gasteiger partial charge on any atom is -0.339 e. The van der Waals surface area contributed by atoms with E-state index in [2.05, 4.69) is 26.7 Å². The van der Waals surface area contributed by atoms with Crippen LogP contribution >= 0.6 is 11.6 Å². The van der Waals surface area contributed by atoms with Crippen molar-refractivity contribution < 1.29 is 13.2 Å². The molecule has 0 atom stereocenters. The van der Waals surface area contributed by atoms with Crippen LogP contribution in [0.15, 0.2) is 54.7 Å². The molecule has 27 heavy (non-hydrogen) atoms. The van der Waals surface area contributed by atoms with Gasteiger partial charge in [-0.1, -0.05) is 23.7 Å². The summed E-state index contributed by atoms with van der Waals surface area (Å²) in [6, 6.07) is 13.9. The molecule has 5 nitrogen and oxygen atoms in total. The van der Waals surface area contributed by atoms with Crippen molar-refractivity contribution in [2.45, 2.75) is 6.18 Å². The molecule has 3 aromatic rings. The molecule has 0 saturated heterocycles. The van der Waals surface area contributed by atoms with Gasteiger partial charge in [-0.25, -0.2) is 4.98 Å².